The fourth-order valence-electron chi connectivity index (χ4n) is 4.14. The van der Waals surface area contributed by atoms with Crippen LogP contribution < -0.4 is 10.6 Å². The second-order valence-electron chi connectivity index (χ2n) is 9.57. The van der Waals surface area contributed by atoms with Gasteiger partial charge < -0.3 is 15.5 Å². The summed E-state index contributed by atoms with van der Waals surface area (Å²) in [6.45, 7) is 6.41. The molecule has 2 N–H and O–H groups in total. The van der Waals surface area contributed by atoms with Crippen LogP contribution in [0.15, 0.2) is 54.6 Å². The van der Waals surface area contributed by atoms with Crippen LogP contribution in [0, 0.1) is 11.8 Å². The van der Waals surface area contributed by atoms with Gasteiger partial charge in [-0.05, 0) is 61.9 Å². The Bertz CT molecular complexity index is 1060. The summed E-state index contributed by atoms with van der Waals surface area (Å²) in [4.78, 5) is 40.4. The summed E-state index contributed by atoms with van der Waals surface area (Å²) in [7, 11) is 0. The molecular formula is C27H32F3N3O3. The average molecular weight is 504 g/mol. The molecule has 1 aliphatic heterocycles. The van der Waals surface area contributed by atoms with Crippen molar-refractivity contribution in [2.75, 3.05) is 13.1 Å². The Labute approximate surface area is 209 Å². The third-order valence-electron chi connectivity index (χ3n) is 6.71. The number of nitrogens with one attached hydrogen (secondary N) is 2. The Kier molecular flexibility index (Phi) is 8.76. The van der Waals surface area contributed by atoms with Crippen LogP contribution in [-0.4, -0.2) is 47.8 Å². The lowest BCUT2D eigenvalue weighted by Crippen LogP contribution is -2.55. The first-order valence-electron chi connectivity index (χ1n) is 12.1. The van der Waals surface area contributed by atoms with E-state index in [0.717, 1.165) is 12.1 Å². The first kappa shape index (κ1) is 27.2. The molecule has 3 rings (SSSR count). The van der Waals surface area contributed by atoms with E-state index >= 15 is 0 Å². The zero-order valence-corrected chi connectivity index (χ0v) is 20.6. The minimum absolute atomic E-state index is 0.0271. The number of likely N-dealkylation sites (tertiary alicyclic amines) is 1. The van der Waals surface area contributed by atoms with Gasteiger partial charge >= 0.3 is 6.18 Å². The van der Waals surface area contributed by atoms with E-state index in [0.29, 0.717) is 18.4 Å². The fraction of sp³-hybridized carbons (Fsp3) is 0.444. The quantitative estimate of drug-likeness (QED) is 0.583. The van der Waals surface area contributed by atoms with E-state index in [1.165, 1.54) is 17.0 Å². The Morgan fingerprint density at radius 3 is 2.08 bits per heavy atom. The van der Waals surface area contributed by atoms with Gasteiger partial charge in [0, 0.05) is 30.3 Å². The van der Waals surface area contributed by atoms with Crippen LogP contribution in [0.1, 0.15) is 59.9 Å². The first-order chi connectivity index (χ1) is 17.0. The molecule has 0 aliphatic carbocycles. The highest BCUT2D eigenvalue weighted by atomic mass is 19.4. The standard InChI is InChI=1S/C27H32F3N3O3/c1-17(2)18(3)31-25(35)23(32-24(34)20-8-5-4-6-9-20)19-12-14-33(15-13-19)26(36)21-10-7-11-22(16-21)27(28,29)30/h4-11,16-19,23H,12-15H2,1-3H3,(H,31,35)(H,32,34). The molecule has 1 aliphatic rings. The average Bonchev–Trinajstić information content (AvgIpc) is 2.86. The predicted octanol–water partition coefficient (Wildman–Crippen LogP) is 4.52. The summed E-state index contributed by atoms with van der Waals surface area (Å²) in [5.74, 6) is -1.17. The Morgan fingerprint density at radius 2 is 1.50 bits per heavy atom. The van der Waals surface area contributed by atoms with E-state index in [2.05, 4.69) is 10.6 Å². The number of carbonyl (C=O) groups excluding carboxylic acids is 3. The Balaban J connectivity index is 1.71. The summed E-state index contributed by atoms with van der Waals surface area (Å²) in [6, 6.07) is 12.1. The topological polar surface area (TPSA) is 78.5 Å². The normalized spacial score (nSPS) is 16.4. The summed E-state index contributed by atoms with van der Waals surface area (Å²) < 4.78 is 39.2. The number of piperidine rings is 1. The molecule has 194 valence electrons. The molecule has 0 saturated carbocycles. The molecule has 9 heteroatoms. The van der Waals surface area contributed by atoms with Gasteiger partial charge in [0.15, 0.2) is 0 Å². The third kappa shape index (κ3) is 6.86. The number of hydrogen-bond acceptors (Lipinski definition) is 3. The van der Waals surface area contributed by atoms with Crippen LogP contribution in [0.4, 0.5) is 13.2 Å². The Morgan fingerprint density at radius 1 is 0.889 bits per heavy atom. The van der Waals surface area contributed by atoms with E-state index in [1.54, 1.807) is 30.3 Å². The monoisotopic (exact) mass is 503 g/mol. The van der Waals surface area contributed by atoms with Crippen LogP contribution in [0.5, 0.6) is 0 Å². The number of amides is 3. The van der Waals surface area contributed by atoms with Crippen molar-refractivity contribution in [1.82, 2.24) is 15.5 Å². The highest BCUT2D eigenvalue weighted by molar-refractivity contribution is 5.97. The van der Waals surface area contributed by atoms with Gasteiger partial charge in [-0.25, -0.2) is 0 Å². The molecule has 0 radical (unpaired) electrons. The lowest BCUT2D eigenvalue weighted by atomic mass is 9.87. The highest BCUT2D eigenvalue weighted by Gasteiger charge is 2.36. The molecule has 2 aromatic rings. The van der Waals surface area contributed by atoms with E-state index in [1.807, 2.05) is 20.8 Å². The number of benzene rings is 2. The minimum Gasteiger partial charge on any atom is -0.352 e. The lowest BCUT2D eigenvalue weighted by molar-refractivity contribution is -0.137. The van der Waals surface area contributed by atoms with Gasteiger partial charge in [-0.2, -0.15) is 13.2 Å². The molecule has 2 aromatic carbocycles. The number of rotatable bonds is 7. The van der Waals surface area contributed by atoms with Crippen molar-refractivity contribution in [2.24, 2.45) is 11.8 Å². The Hall–Kier alpha value is -3.36. The smallest absolute Gasteiger partial charge is 0.352 e. The SMILES string of the molecule is CC(C)C(C)NC(=O)C(NC(=O)c1ccccc1)C1CCN(C(=O)c2cccc(C(F)(F)F)c2)CC1. The van der Waals surface area contributed by atoms with Gasteiger partial charge in [0.2, 0.25) is 5.91 Å². The molecular weight excluding hydrogens is 471 g/mol. The van der Waals surface area contributed by atoms with Gasteiger partial charge in [0.05, 0.1) is 5.56 Å². The van der Waals surface area contributed by atoms with Crippen LogP contribution in [-0.2, 0) is 11.0 Å². The number of alkyl halides is 3. The van der Waals surface area contributed by atoms with Gasteiger partial charge in [0.1, 0.15) is 6.04 Å². The van der Waals surface area contributed by atoms with Crippen LogP contribution in [0.3, 0.4) is 0 Å². The largest absolute Gasteiger partial charge is 0.416 e. The number of hydrogen-bond donors (Lipinski definition) is 2. The summed E-state index contributed by atoms with van der Waals surface area (Å²) in [5.41, 5.74) is -0.465. The minimum atomic E-state index is -4.53. The summed E-state index contributed by atoms with van der Waals surface area (Å²) in [6.07, 6.45) is -3.68. The van der Waals surface area contributed by atoms with Crippen molar-refractivity contribution >= 4 is 17.7 Å². The molecule has 2 atom stereocenters. The maximum absolute atomic E-state index is 13.2. The molecule has 0 bridgehead atoms. The van der Waals surface area contributed by atoms with Crippen molar-refractivity contribution in [3.05, 3.63) is 71.3 Å². The molecule has 2 unspecified atom stereocenters. The van der Waals surface area contributed by atoms with Crippen molar-refractivity contribution < 1.29 is 27.6 Å². The highest BCUT2D eigenvalue weighted by Crippen LogP contribution is 2.30. The van der Waals surface area contributed by atoms with Crippen molar-refractivity contribution in [2.45, 2.75) is 51.9 Å². The summed E-state index contributed by atoms with van der Waals surface area (Å²) >= 11 is 0. The second-order valence-corrected chi connectivity index (χ2v) is 9.57. The molecule has 0 spiro atoms. The molecule has 36 heavy (non-hydrogen) atoms. The van der Waals surface area contributed by atoms with E-state index in [9.17, 15) is 27.6 Å². The van der Waals surface area contributed by atoms with Crippen molar-refractivity contribution in [1.29, 1.82) is 0 Å². The van der Waals surface area contributed by atoms with Crippen molar-refractivity contribution in [3.8, 4) is 0 Å². The molecule has 3 amide bonds. The van der Waals surface area contributed by atoms with E-state index < -0.39 is 23.7 Å². The number of halogens is 3. The third-order valence-corrected chi connectivity index (χ3v) is 6.71. The van der Waals surface area contributed by atoms with Gasteiger partial charge in [-0.15, -0.1) is 0 Å². The number of carbonyl (C=O) groups is 3. The van der Waals surface area contributed by atoms with Crippen LogP contribution in [0.25, 0.3) is 0 Å². The van der Waals surface area contributed by atoms with Gasteiger partial charge in [0.25, 0.3) is 11.8 Å². The maximum Gasteiger partial charge on any atom is 0.416 e. The van der Waals surface area contributed by atoms with Crippen LogP contribution >= 0.6 is 0 Å². The van der Waals surface area contributed by atoms with E-state index in [4.69, 9.17) is 0 Å². The van der Waals surface area contributed by atoms with Crippen LogP contribution in [0.2, 0.25) is 0 Å². The number of nitrogens with zero attached hydrogens (tertiary/aromatic N) is 1. The van der Waals surface area contributed by atoms with E-state index in [-0.39, 0.29) is 48.3 Å². The van der Waals surface area contributed by atoms with Crippen molar-refractivity contribution in [3.63, 3.8) is 0 Å². The summed E-state index contributed by atoms with van der Waals surface area (Å²) in [5, 5.41) is 5.84. The zero-order chi connectivity index (χ0) is 26.5. The zero-order valence-electron chi connectivity index (χ0n) is 20.6. The predicted molar refractivity (Wildman–Crippen MR) is 130 cm³/mol. The molecule has 1 saturated heterocycles. The van der Waals surface area contributed by atoms with Gasteiger partial charge in [-0.1, -0.05) is 38.1 Å². The maximum atomic E-state index is 13.2. The fourth-order valence-corrected chi connectivity index (χ4v) is 4.14. The van der Waals surface area contributed by atoms with Gasteiger partial charge in [-0.3, -0.25) is 14.4 Å². The molecule has 6 nitrogen and oxygen atoms in total. The lowest BCUT2D eigenvalue weighted by Gasteiger charge is -2.36. The molecule has 0 aromatic heterocycles. The molecule has 1 fully saturated rings. The molecule has 1 heterocycles. The second kappa shape index (κ2) is 11.6. The first-order valence-corrected chi connectivity index (χ1v) is 12.1.